The molecule has 3 saturated heterocycles. The summed E-state index contributed by atoms with van der Waals surface area (Å²) in [5, 5.41) is 6.01. The highest BCUT2D eigenvalue weighted by molar-refractivity contribution is 8.01. The summed E-state index contributed by atoms with van der Waals surface area (Å²) in [5.74, 6) is 0.731. The van der Waals surface area contributed by atoms with Gasteiger partial charge in [-0.1, -0.05) is 0 Å². The van der Waals surface area contributed by atoms with E-state index in [-0.39, 0.29) is 11.2 Å². The van der Waals surface area contributed by atoms with E-state index in [1.807, 2.05) is 6.08 Å². The van der Waals surface area contributed by atoms with Gasteiger partial charge in [0.15, 0.2) is 0 Å². The van der Waals surface area contributed by atoms with Gasteiger partial charge in [0, 0.05) is 37.1 Å². The molecule has 1 saturated carbocycles. The first kappa shape index (κ1) is 20.7. The number of allylic oxidation sites excluding steroid dienone is 1. The standard InChI is InChI=1S/C22H34N4O3S/c1-15-19-14-20(30-22(19)24-26(15)18-6-10-28-11-7-18)21(27)23-16-2-4-17(5-3-16)25-8-12-29-13-9-25/h6-7,10,15-17,19-20,22,24H,2-5,8-9,11-14H2,1H3,(H,23,27)/t15?,16-,17-,19?,20?,22?. The van der Waals surface area contributed by atoms with Gasteiger partial charge in [0.25, 0.3) is 0 Å². The van der Waals surface area contributed by atoms with Gasteiger partial charge in [0.2, 0.25) is 5.91 Å². The highest BCUT2D eigenvalue weighted by Crippen LogP contribution is 2.45. The normalized spacial score (nSPS) is 39.4. The van der Waals surface area contributed by atoms with Crippen molar-refractivity contribution in [3.05, 3.63) is 24.1 Å². The minimum Gasteiger partial charge on any atom is -0.497 e. The molecule has 2 N–H and O–H groups in total. The smallest absolute Gasteiger partial charge is 0.233 e. The average Bonchev–Trinajstić information content (AvgIpc) is 3.35. The van der Waals surface area contributed by atoms with Gasteiger partial charge in [0.1, 0.15) is 6.61 Å². The zero-order valence-corrected chi connectivity index (χ0v) is 18.6. The van der Waals surface area contributed by atoms with Gasteiger partial charge in [-0.3, -0.25) is 9.69 Å². The summed E-state index contributed by atoms with van der Waals surface area (Å²) in [4.78, 5) is 15.6. The van der Waals surface area contributed by atoms with Gasteiger partial charge >= 0.3 is 0 Å². The number of fused-ring (bicyclic) bond motifs is 1. The molecular weight excluding hydrogens is 400 g/mol. The second-order valence-corrected chi connectivity index (χ2v) is 10.5. The van der Waals surface area contributed by atoms with Crippen LogP contribution in [0, 0.1) is 5.92 Å². The summed E-state index contributed by atoms with van der Waals surface area (Å²) in [7, 11) is 0. The fourth-order valence-electron chi connectivity index (χ4n) is 5.58. The molecule has 0 spiro atoms. The molecule has 0 radical (unpaired) electrons. The van der Waals surface area contributed by atoms with E-state index < -0.39 is 0 Å². The van der Waals surface area contributed by atoms with E-state index >= 15 is 0 Å². The Labute approximate surface area is 183 Å². The maximum absolute atomic E-state index is 13.0. The van der Waals surface area contributed by atoms with E-state index in [1.165, 1.54) is 18.5 Å². The number of nitrogens with zero attached hydrogens (tertiary/aromatic N) is 2. The highest BCUT2D eigenvalue weighted by Gasteiger charge is 2.48. The molecule has 1 aliphatic carbocycles. The lowest BCUT2D eigenvalue weighted by Crippen LogP contribution is -2.48. The van der Waals surface area contributed by atoms with Crippen molar-refractivity contribution in [3.63, 3.8) is 0 Å². The molecule has 0 aromatic carbocycles. The van der Waals surface area contributed by atoms with Crippen LogP contribution in [0.25, 0.3) is 0 Å². The van der Waals surface area contributed by atoms with Crippen LogP contribution in [0.3, 0.4) is 0 Å². The van der Waals surface area contributed by atoms with Crippen molar-refractivity contribution in [1.82, 2.24) is 20.7 Å². The summed E-state index contributed by atoms with van der Waals surface area (Å²) >= 11 is 1.80. The minimum atomic E-state index is 0.0632. The van der Waals surface area contributed by atoms with Crippen LogP contribution in [-0.4, -0.2) is 77.5 Å². The fraction of sp³-hybridized carbons (Fsp3) is 0.773. The lowest BCUT2D eigenvalue weighted by atomic mass is 9.89. The monoisotopic (exact) mass is 434 g/mol. The Balaban J connectivity index is 1.09. The highest BCUT2D eigenvalue weighted by atomic mass is 32.2. The van der Waals surface area contributed by atoms with Gasteiger partial charge < -0.3 is 19.8 Å². The first-order valence-corrected chi connectivity index (χ1v) is 12.4. The summed E-state index contributed by atoms with van der Waals surface area (Å²) in [6.45, 7) is 6.73. The van der Waals surface area contributed by atoms with Crippen LogP contribution in [-0.2, 0) is 14.3 Å². The van der Waals surface area contributed by atoms with Crippen molar-refractivity contribution in [2.75, 3.05) is 32.9 Å². The minimum absolute atomic E-state index is 0.0632. The van der Waals surface area contributed by atoms with E-state index in [0.29, 0.717) is 36.0 Å². The van der Waals surface area contributed by atoms with Gasteiger partial charge in [-0.15, -0.1) is 11.8 Å². The summed E-state index contributed by atoms with van der Waals surface area (Å²) < 4.78 is 10.8. The molecule has 1 amide bonds. The number of ether oxygens (including phenoxy) is 2. The summed E-state index contributed by atoms with van der Waals surface area (Å²) in [6, 6.07) is 1.39. The first-order valence-electron chi connectivity index (χ1n) is 11.5. The molecule has 0 aromatic heterocycles. The number of rotatable bonds is 4. The topological polar surface area (TPSA) is 66.1 Å². The molecule has 4 fully saturated rings. The lowest BCUT2D eigenvalue weighted by molar-refractivity contribution is -0.121. The van der Waals surface area contributed by atoms with Gasteiger partial charge in [0.05, 0.1) is 35.8 Å². The predicted octanol–water partition coefficient (Wildman–Crippen LogP) is 1.83. The van der Waals surface area contributed by atoms with Crippen molar-refractivity contribution >= 4 is 17.7 Å². The zero-order valence-electron chi connectivity index (χ0n) is 17.8. The molecule has 4 atom stereocenters. The molecular formula is C22H34N4O3S. The molecule has 4 heterocycles. The van der Waals surface area contributed by atoms with Gasteiger partial charge in [-0.2, -0.15) is 0 Å². The summed E-state index contributed by atoms with van der Waals surface area (Å²) in [5.41, 5.74) is 4.80. The molecule has 5 aliphatic rings. The Morgan fingerprint density at radius 2 is 2.03 bits per heavy atom. The number of nitrogens with one attached hydrogen (secondary N) is 2. The Hall–Kier alpha value is -1.22. The molecule has 5 rings (SSSR count). The van der Waals surface area contributed by atoms with Crippen LogP contribution < -0.4 is 10.7 Å². The number of carbonyl (C=O) groups is 1. The number of hydrogen-bond acceptors (Lipinski definition) is 7. The maximum atomic E-state index is 13.0. The van der Waals surface area contributed by atoms with E-state index in [9.17, 15) is 4.79 Å². The van der Waals surface area contributed by atoms with Crippen molar-refractivity contribution in [3.8, 4) is 0 Å². The molecule has 0 bridgehead atoms. The van der Waals surface area contributed by atoms with Crippen LogP contribution in [0.5, 0.6) is 0 Å². The van der Waals surface area contributed by atoms with Crippen molar-refractivity contribution in [2.24, 2.45) is 5.92 Å². The number of carbonyl (C=O) groups excluding carboxylic acids is 1. The Morgan fingerprint density at radius 1 is 1.23 bits per heavy atom. The largest absolute Gasteiger partial charge is 0.497 e. The van der Waals surface area contributed by atoms with Crippen LogP contribution in [0.1, 0.15) is 39.0 Å². The molecule has 4 aliphatic heterocycles. The third-order valence-electron chi connectivity index (χ3n) is 7.38. The van der Waals surface area contributed by atoms with Crippen LogP contribution in [0.15, 0.2) is 24.1 Å². The maximum Gasteiger partial charge on any atom is 0.233 e. The fourth-order valence-corrected chi connectivity index (χ4v) is 7.17. The SMILES string of the molecule is CC1C2CC(C(=O)N[C@H]3CC[C@H](N4CCOCC4)CC3)SC2NN1C1=CCOC=C1. The van der Waals surface area contributed by atoms with Crippen LogP contribution in [0.2, 0.25) is 0 Å². The molecule has 166 valence electrons. The second kappa shape index (κ2) is 9.10. The Morgan fingerprint density at radius 3 is 2.73 bits per heavy atom. The van der Waals surface area contributed by atoms with Gasteiger partial charge in [-0.25, -0.2) is 5.43 Å². The number of hydrazine groups is 1. The quantitative estimate of drug-likeness (QED) is 0.700. The first-order chi connectivity index (χ1) is 14.7. The number of morpholine rings is 1. The predicted molar refractivity (Wildman–Crippen MR) is 117 cm³/mol. The molecule has 4 unspecified atom stereocenters. The van der Waals surface area contributed by atoms with Crippen molar-refractivity contribution in [1.29, 1.82) is 0 Å². The third-order valence-corrected chi connectivity index (χ3v) is 8.86. The van der Waals surface area contributed by atoms with Crippen molar-refractivity contribution < 1.29 is 14.3 Å². The molecule has 7 nitrogen and oxygen atoms in total. The van der Waals surface area contributed by atoms with E-state index in [2.05, 4.69) is 33.7 Å². The number of amides is 1. The molecule has 8 heteroatoms. The van der Waals surface area contributed by atoms with Crippen molar-refractivity contribution in [2.45, 2.75) is 67.8 Å². The van der Waals surface area contributed by atoms with E-state index in [4.69, 9.17) is 9.47 Å². The van der Waals surface area contributed by atoms with Gasteiger partial charge in [-0.05, 0) is 51.2 Å². The molecule has 0 aromatic rings. The number of hydrogen-bond donors (Lipinski definition) is 2. The third kappa shape index (κ3) is 4.24. The van der Waals surface area contributed by atoms with E-state index in [1.54, 1.807) is 18.0 Å². The number of thioether (sulfide) groups is 1. The van der Waals surface area contributed by atoms with E-state index in [0.717, 1.165) is 45.6 Å². The Bertz CT molecular complexity index is 688. The molecule has 30 heavy (non-hydrogen) atoms. The van der Waals surface area contributed by atoms with Crippen LogP contribution in [0.4, 0.5) is 0 Å². The van der Waals surface area contributed by atoms with Crippen LogP contribution >= 0.6 is 11.8 Å². The Kier molecular flexibility index (Phi) is 6.27. The average molecular weight is 435 g/mol. The summed E-state index contributed by atoms with van der Waals surface area (Å²) in [6.07, 6.45) is 11.4. The second-order valence-electron chi connectivity index (χ2n) is 9.11. The zero-order chi connectivity index (χ0) is 20.5. The lowest BCUT2D eigenvalue weighted by Gasteiger charge is -2.39.